The first-order valence-corrected chi connectivity index (χ1v) is 12.6. The fourth-order valence-electron chi connectivity index (χ4n) is 4.66. The Balaban J connectivity index is 1.50. The van der Waals surface area contributed by atoms with Crippen molar-refractivity contribution in [2.24, 2.45) is 0 Å². The van der Waals surface area contributed by atoms with Crippen LogP contribution in [0.25, 0.3) is 11.0 Å². The van der Waals surface area contributed by atoms with E-state index in [1.165, 1.54) is 5.56 Å². The van der Waals surface area contributed by atoms with E-state index in [-0.39, 0.29) is 17.4 Å². The Morgan fingerprint density at radius 1 is 1.09 bits per heavy atom. The molecule has 1 aliphatic heterocycles. The van der Waals surface area contributed by atoms with E-state index in [0.29, 0.717) is 0 Å². The lowest BCUT2D eigenvalue weighted by atomic mass is 10.0. The first-order chi connectivity index (χ1) is 16.6. The van der Waals surface area contributed by atoms with Crippen LogP contribution in [0.1, 0.15) is 67.8 Å². The third-order valence-corrected chi connectivity index (χ3v) is 6.83. The highest BCUT2D eigenvalue weighted by Gasteiger charge is 2.28. The molecule has 7 nitrogen and oxygen atoms in total. The van der Waals surface area contributed by atoms with Gasteiger partial charge in [0.2, 0.25) is 0 Å². The minimum absolute atomic E-state index is 0.0886. The van der Waals surface area contributed by atoms with Crippen LogP contribution < -0.4 is 4.74 Å². The molecule has 1 fully saturated rings. The zero-order valence-corrected chi connectivity index (χ0v) is 22.3. The van der Waals surface area contributed by atoms with Gasteiger partial charge >= 0.3 is 0 Å². The van der Waals surface area contributed by atoms with Gasteiger partial charge in [-0.15, -0.1) is 0 Å². The van der Waals surface area contributed by atoms with Gasteiger partial charge in [0.05, 0.1) is 29.3 Å². The Bertz CT molecular complexity index is 1180. The second kappa shape index (κ2) is 9.97. The van der Waals surface area contributed by atoms with Crippen molar-refractivity contribution in [3.05, 3.63) is 52.8 Å². The van der Waals surface area contributed by atoms with E-state index < -0.39 is 0 Å². The molecular weight excluding hydrogens is 438 g/mol. The quantitative estimate of drug-likeness (QED) is 0.518. The van der Waals surface area contributed by atoms with Gasteiger partial charge in [-0.2, -0.15) is 5.10 Å². The second-order valence-electron chi connectivity index (χ2n) is 10.8. The molecule has 4 rings (SSSR count). The van der Waals surface area contributed by atoms with Gasteiger partial charge < -0.3 is 9.64 Å². The third kappa shape index (κ3) is 5.35. The van der Waals surface area contributed by atoms with Crippen molar-refractivity contribution in [1.82, 2.24) is 24.6 Å². The number of ether oxygens (including phenoxy) is 1. The van der Waals surface area contributed by atoms with E-state index in [9.17, 15) is 4.79 Å². The number of carbonyl (C=O) groups excluding carboxylic acids is 1. The molecule has 0 unspecified atom stereocenters. The molecule has 35 heavy (non-hydrogen) atoms. The molecular formula is C28H39N5O2. The number of pyridine rings is 1. The summed E-state index contributed by atoms with van der Waals surface area (Å²) in [7, 11) is 1.69. The number of aromatic nitrogens is 3. The van der Waals surface area contributed by atoms with Crippen LogP contribution in [0.3, 0.4) is 0 Å². The number of aryl methyl sites for hydroxylation is 1. The Hall–Kier alpha value is -2.93. The van der Waals surface area contributed by atoms with Crippen molar-refractivity contribution < 1.29 is 9.53 Å². The minimum Gasteiger partial charge on any atom is -0.497 e. The van der Waals surface area contributed by atoms with E-state index >= 15 is 0 Å². The molecule has 188 valence electrons. The summed E-state index contributed by atoms with van der Waals surface area (Å²) in [5, 5.41) is 5.68. The molecule has 0 aliphatic carbocycles. The summed E-state index contributed by atoms with van der Waals surface area (Å²) in [4.78, 5) is 23.2. The van der Waals surface area contributed by atoms with Gasteiger partial charge in [0.1, 0.15) is 5.75 Å². The number of hydrogen-bond donors (Lipinski definition) is 0. The zero-order chi connectivity index (χ0) is 25.3. The third-order valence-electron chi connectivity index (χ3n) is 6.83. The molecule has 1 aliphatic rings. The van der Waals surface area contributed by atoms with E-state index in [1.807, 2.05) is 34.7 Å². The van der Waals surface area contributed by atoms with Crippen LogP contribution in [0.5, 0.6) is 5.75 Å². The van der Waals surface area contributed by atoms with Crippen molar-refractivity contribution >= 4 is 16.9 Å². The summed E-state index contributed by atoms with van der Waals surface area (Å²) in [5.74, 6) is 1.20. The van der Waals surface area contributed by atoms with Crippen LogP contribution in [-0.4, -0.2) is 70.3 Å². The molecule has 0 atom stereocenters. The smallest absolute Gasteiger partial charge is 0.254 e. The van der Waals surface area contributed by atoms with Gasteiger partial charge in [0, 0.05) is 38.4 Å². The Morgan fingerprint density at radius 2 is 1.74 bits per heavy atom. The number of rotatable bonds is 6. The summed E-state index contributed by atoms with van der Waals surface area (Å²) < 4.78 is 7.22. The maximum Gasteiger partial charge on any atom is 0.254 e. The van der Waals surface area contributed by atoms with Crippen LogP contribution in [0.2, 0.25) is 0 Å². The Morgan fingerprint density at radius 3 is 2.31 bits per heavy atom. The van der Waals surface area contributed by atoms with Crippen LogP contribution in [-0.2, 0) is 12.0 Å². The fourth-order valence-corrected chi connectivity index (χ4v) is 4.66. The molecule has 2 aromatic heterocycles. The molecule has 3 heterocycles. The van der Waals surface area contributed by atoms with Crippen LogP contribution in [0, 0.1) is 6.92 Å². The van der Waals surface area contributed by atoms with Crippen molar-refractivity contribution in [3.8, 4) is 5.75 Å². The molecule has 0 saturated carbocycles. The summed E-state index contributed by atoms with van der Waals surface area (Å²) >= 11 is 0. The Labute approximate surface area is 209 Å². The molecule has 0 bridgehead atoms. The maximum absolute atomic E-state index is 13.8. The van der Waals surface area contributed by atoms with Crippen molar-refractivity contribution in [1.29, 1.82) is 0 Å². The monoisotopic (exact) mass is 477 g/mol. The molecule has 0 N–H and O–H groups in total. The van der Waals surface area contributed by atoms with Crippen LogP contribution in [0.15, 0.2) is 30.3 Å². The van der Waals surface area contributed by atoms with Crippen LogP contribution in [0.4, 0.5) is 0 Å². The Kier molecular flexibility index (Phi) is 7.17. The molecule has 0 radical (unpaired) electrons. The number of amides is 1. The van der Waals surface area contributed by atoms with Gasteiger partial charge in [0.15, 0.2) is 5.65 Å². The standard InChI is InChI=1S/C28H39N5O2/c1-19(2)24-18-23(25-20(3)30-33(26(25)29-24)28(4,5)6)27(34)32-16-14-31(15-17-32)13-12-21-8-10-22(35-7)11-9-21/h8-11,18-19H,12-17H2,1-7H3. The van der Waals surface area contributed by atoms with E-state index in [0.717, 1.165) is 72.9 Å². The number of fused-ring (bicyclic) bond motifs is 1. The number of methoxy groups -OCH3 is 1. The maximum atomic E-state index is 13.8. The van der Waals surface area contributed by atoms with Gasteiger partial charge in [-0.1, -0.05) is 26.0 Å². The zero-order valence-electron chi connectivity index (χ0n) is 22.3. The normalized spacial score (nSPS) is 15.3. The van der Waals surface area contributed by atoms with Crippen molar-refractivity contribution in [2.45, 2.75) is 59.4 Å². The van der Waals surface area contributed by atoms with Gasteiger partial charge in [-0.3, -0.25) is 9.69 Å². The van der Waals surface area contributed by atoms with Gasteiger partial charge in [-0.25, -0.2) is 9.67 Å². The molecule has 3 aromatic rings. The van der Waals surface area contributed by atoms with Crippen LogP contribution >= 0.6 is 0 Å². The SMILES string of the molecule is COc1ccc(CCN2CCN(C(=O)c3cc(C(C)C)nc4c3c(C)nn4C(C)(C)C)CC2)cc1. The molecule has 0 spiro atoms. The average Bonchev–Trinajstić information content (AvgIpc) is 3.19. The number of benzene rings is 1. The lowest BCUT2D eigenvalue weighted by molar-refractivity contribution is 0.0640. The summed E-state index contributed by atoms with van der Waals surface area (Å²) in [6, 6.07) is 10.3. The summed E-state index contributed by atoms with van der Waals surface area (Å²) in [5.41, 5.74) is 4.42. The highest BCUT2D eigenvalue weighted by Crippen LogP contribution is 2.30. The molecule has 7 heteroatoms. The van der Waals surface area contributed by atoms with Crippen molar-refractivity contribution in [3.63, 3.8) is 0 Å². The predicted molar refractivity (Wildman–Crippen MR) is 140 cm³/mol. The number of hydrogen-bond acceptors (Lipinski definition) is 5. The second-order valence-corrected chi connectivity index (χ2v) is 10.8. The number of piperazine rings is 1. The summed E-state index contributed by atoms with van der Waals surface area (Å²) in [6.07, 6.45) is 0.992. The molecule has 1 saturated heterocycles. The number of nitrogens with zero attached hydrogens (tertiary/aromatic N) is 5. The highest BCUT2D eigenvalue weighted by molar-refractivity contribution is 6.06. The van der Waals surface area contributed by atoms with E-state index in [4.69, 9.17) is 14.8 Å². The molecule has 1 aromatic carbocycles. The first-order valence-electron chi connectivity index (χ1n) is 12.6. The average molecular weight is 478 g/mol. The predicted octanol–water partition coefficient (Wildman–Crippen LogP) is 4.63. The van der Waals surface area contributed by atoms with Gasteiger partial charge in [0.25, 0.3) is 5.91 Å². The van der Waals surface area contributed by atoms with E-state index in [2.05, 4.69) is 51.7 Å². The topological polar surface area (TPSA) is 63.5 Å². The lowest BCUT2D eigenvalue weighted by Crippen LogP contribution is -2.49. The van der Waals surface area contributed by atoms with Gasteiger partial charge in [-0.05, 0) is 63.8 Å². The lowest BCUT2D eigenvalue weighted by Gasteiger charge is -2.35. The first kappa shape index (κ1) is 25.2. The fraction of sp³-hybridized carbons (Fsp3) is 0.536. The summed E-state index contributed by atoms with van der Waals surface area (Å²) in [6.45, 7) is 16.8. The highest BCUT2D eigenvalue weighted by atomic mass is 16.5. The number of carbonyl (C=O) groups is 1. The van der Waals surface area contributed by atoms with Crippen molar-refractivity contribution in [2.75, 3.05) is 39.8 Å². The largest absolute Gasteiger partial charge is 0.497 e. The van der Waals surface area contributed by atoms with E-state index in [1.54, 1.807) is 7.11 Å². The minimum atomic E-state index is -0.217. The molecule has 1 amide bonds.